The van der Waals surface area contributed by atoms with E-state index in [9.17, 15) is 4.79 Å². The van der Waals surface area contributed by atoms with Crippen molar-refractivity contribution in [1.29, 1.82) is 0 Å². The minimum Gasteiger partial charge on any atom is -0.394 e. The van der Waals surface area contributed by atoms with Crippen LogP contribution in [0.15, 0.2) is 15.9 Å². The number of hydrogen-bond acceptors (Lipinski definition) is 3. The Bertz CT molecular complexity index is 300. The second-order valence-electron chi connectivity index (χ2n) is 2.65. The van der Waals surface area contributed by atoms with Crippen molar-refractivity contribution < 1.29 is 9.90 Å². The number of aliphatic hydroxyl groups is 1. The minimum absolute atomic E-state index is 0.0469. The van der Waals surface area contributed by atoms with Crippen molar-refractivity contribution in [2.45, 2.75) is 13.0 Å². The number of amides is 1. The lowest BCUT2D eigenvalue weighted by molar-refractivity contribution is 0.0926. The van der Waals surface area contributed by atoms with Crippen molar-refractivity contribution in [2.24, 2.45) is 0 Å². The van der Waals surface area contributed by atoms with Gasteiger partial charge in [-0.3, -0.25) is 4.79 Å². The van der Waals surface area contributed by atoms with Crippen LogP contribution in [0.25, 0.3) is 0 Å². The molecule has 3 nitrogen and oxygen atoms in total. The van der Waals surface area contributed by atoms with E-state index in [0.717, 1.165) is 4.47 Å². The Kier molecular flexibility index (Phi) is 3.90. The van der Waals surface area contributed by atoms with E-state index in [1.807, 2.05) is 11.4 Å². The van der Waals surface area contributed by atoms with Gasteiger partial charge < -0.3 is 10.4 Å². The summed E-state index contributed by atoms with van der Waals surface area (Å²) in [4.78, 5) is 12.1. The molecule has 1 heterocycles. The summed E-state index contributed by atoms with van der Waals surface area (Å²) in [5.41, 5.74) is 0. The molecule has 13 heavy (non-hydrogen) atoms. The molecule has 72 valence electrons. The molecule has 1 unspecified atom stereocenters. The molecule has 0 bridgehead atoms. The van der Waals surface area contributed by atoms with Gasteiger partial charge in [-0.25, -0.2) is 0 Å². The first-order valence-electron chi connectivity index (χ1n) is 3.80. The quantitative estimate of drug-likeness (QED) is 0.871. The van der Waals surface area contributed by atoms with Gasteiger partial charge in [0.05, 0.1) is 6.61 Å². The largest absolute Gasteiger partial charge is 0.394 e. The fourth-order valence-electron chi connectivity index (χ4n) is 0.791. The molecule has 0 fully saturated rings. The van der Waals surface area contributed by atoms with Gasteiger partial charge in [-0.15, -0.1) is 11.3 Å². The Balaban J connectivity index is 2.64. The number of rotatable bonds is 3. The Hall–Kier alpha value is -0.390. The summed E-state index contributed by atoms with van der Waals surface area (Å²) in [5, 5.41) is 13.2. The lowest BCUT2D eigenvalue weighted by Gasteiger charge is -2.09. The van der Waals surface area contributed by atoms with E-state index in [4.69, 9.17) is 5.11 Å². The Labute approximate surface area is 88.9 Å². The summed E-state index contributed by atoms with van der Waals surface area (Å²) >= 11 is 4.64. The molecular weight excluding hydrogens is 254 g/mol. The van der Waals surface area contributed by atoms with E-state index in [-0.39, 0.29) is 18.6 Å². The van der Waals surface area contributed by atoms with E-state index in [1.165, 1.54) is 11.3 Å². The zero-order valence-corrected chi connectivity index (χ0v) is 9.48. The smallest absolute Gasteiger partial charge is 0.262 e. The Morgan fingerprint density at radius 1 is 1.85 bits per heavy atom. The normalized spacial score (nSPS) is 12.5. The summed E-state index contributed by atoms with van der Waals surface area (Å²) < 4.78 is 0.792. The van der Waals surface area contributed by atoms with Crippen molar-refractivity contribution >= 4 is 33.2 Å². The molecule has 2 N–H and O–H groups in total. The standard InChI is InChI=1S/C8H10BrNO2S/c1-5(4-11)10-8(12)7-6(9)2-3-13-7/h2-3,5,11H,4H2,1H3,(H,10,12). The lowest BCUT2D eigenvalue weighted by atomic mass is 10.3. The van der Waals surface area contributed by atoms with Crippen LogP contribution in [0.3, 0.4) is 0 Å². The van der Waals surface area contributed by atoms with E-state index < -0.39 is 0 Å². The van der Waals surface area contributed by atoms with Crippen LogP contribution in [0.2, 0.25) is 0 Å². The van der Waals surface area contributed by atoms with Crippen LogP contribution in [-0.2, 0) is 0 Å². The molecule has 1 amide bonds. The zero-order valence-electron chi connectivity index (χ0n) is 7.08. The molecule has 1 aromatic rings. The van der Waals surface area contributed by atoms with Crippen molar-refractivity contribution in [3.05, 3.63) is 20.8 Å². The summed E-state index contributed by atoms with van der Waals surface area (Å²) in [5.74, 6) is -0.150. The van der Waals surface area contributed by atoms with Gasteiger partial charge >= 0.3 is 0 Å². The van der Waals surface area contributed by atoms with Gasteiger partial charge in [-0.1, -0.05) is 0 Å². The Morgan fingerprint density at radius 2 is 2.54 bits per heavy atom. The van der Waals surface area contributed by atoms with Gasteiger partial charge in [0.1, 0.15) is 4.88 Å². The first-order valence-corrected chi connectivity index (χ1v) is 5.47. The second kappa shape index (κ2) is 4.74. The first kappa shape index (κ1) is 10.7. The second-order valence-corrected chi connectivity index (χ2v) is 4.43. The van der Waals surface area contributed by atoms with Gasteiger partial charge in [0.2, 0.25) is 0 Å². The molecule has 0 aromatic carbocycles. The number of carbonyl (C=O) groups is 1. The highest BCUT2D eigenvalue weighted by atomic mass is 79.9. The molecular formula is C8H10BrNO2S. The summed E-state index contributed by atoms with van der Waals surface area (Å²) in [7, 11) is 0. The summed E-state index contributed by atoms with van der Waals surface area (Å²) in [6.07, 6.45) is 0. The van der Waals surface area contributed by atoms with Gasteiger partial charge in [-0.05, 0) is 34.3 Å². The van der Waals surface area contributed by atoms with Crippen LogP contribution in [0, 0.1) is 0 Å². The first-order chi connectivity index (χ1) is 6.15. The van der Waals surface area contributed by atoms with E-state index in [2.05, 4.69) is 21.2 Å². The highest BCUT2D eigenvalue weighted by Gasteiger charge is 2.12. The highest BCUT2D eigenvalue weighted by Crippen LogP contribution is 2.22. The predicted octanol–water partition coefficient (Wildman–Crippen LogP) is 1.62. The molecule has 0 aliphatic rings. The van der Waals surface area contributed by atoms with E-state index in [1.54, 1.807) is 6.92 Å². The van der Waals surface area contributed by atoms with E-state index in [0.29, 0.717) is 4.88 Å². The number of thiophene rings is 1. The monoisotopic (exact) mass is 263 g/mol. The highest BCUT2D eigenvalue weighted by molar-refractivity contribution is 9.10. The number of carbonyl (C=O) groups excluding carboxylic acids is 1. The van der Waals surface area contributed by atoms with Gasteiger partial charge in [0.25, 0.3) is 5.91 Å². The molecule has 0 aliphatic heterocycles. The van der Waals surface area contributed by atoms with Crippen LogP contribution >= 0.6 is 27.3 Å². The maximum Gasteiger partial charge on any atom is 0.262 e. The minimum atomic E-state index is -0.207. The third-order valence-corrected chi connectivity index (χ3v) is 3.31. The molecule has 1 atom stereocenters. The van der Waals surface area contributed by atoms with Crippen molar-refractivity contribution in [3.8, 4) is 0 Å². The average Bonchev–Trinajstić information content (AvgIpc) is 2.51. The van der Waals surface area contributed by atoms with Crippen molar-refractivity contribution in [1.82, 2.24) is 5.32 Å². The molecule has 0 saturated carbocycles. The van der Waals surface area contributed by atoms with Gasteiger partial charge in [0, 0.05) is 10.5 Å². The zero-order chi connectivity index (χ0) is 9.84. The average molecular weight is 264 g/mol. The van der Waals surface area contributed by atoms with E-state index >= 15 is 0 Å². The van der Waals surface area contributed by atoms with Crippen LogP contribution in [0.5, 0.6) is 0 Å². The SMILES string of the molecule is CC(CO)NC(=O)c1sccc1Br. The third kappa shape index (κ3) is 2.79. The number of aliphatic hydroxyl groups excluding tert-OH is 1. The number of nitrogens with one attached hydrogen (secondary N) is 1. The van der Waals surface area contributed by atoms with Crippen LogP contribution in [0.4, 0.5) is 0 Å². The maximum absolute atomic E-state index is 11.5. The van der Waals surface area contributed by atoms with Crippen molar-refractivity contribution in [2.75, 3.05) is 6.61 Å². The lowest BCUT2D eigenvalue weighted by Crippen LogP contribution is -2.34. The van der Waals surface area contributed by atoms with Crippen LogP contribution in [-0.4, -0.2) is 23.7 Å². The molecule has 0 aliphatic carbocycles. The molecule has 0 radical (unpaired) electrons. The molecule has 1 aromatic heterocycles. The molecule has 0 spiro atoms. The Morgan fingerprint density at radius 3 is 3.00 bits per heavy atom. The third-order valence-electron chi connectivity index (χ3n) is 1.47. The van der Waals surface area contributed by atoms with Gasteiger partial charge in [0.15, 0.2) is 0 Å². The predicted molar refractivity (Wildman–Crippen MR) is 56.0 cm³/mol. The fraction of sp³-hybridized carbons (Fsp3) is 0.375. The molecule has 0 saturated heterocycles. The van der Waals surface area contributed by atoms with Gasteiger partial charge in [-0.2, -0.15) is 0 Å². The summed E-state index contributed by atoms with van der Waals surface area (Å²) in [6.45, 7) is 1.70. The number of halogens is 1. The maximum atomic E-state index is 11.5. The van der Waals surface area contributed by atoms with Crippen molar-refractivity contribution in [3.63, 3.8) is 0 Å². The van der Waals surface area contributed by atoms with Crippen LogP contribution in [0.1, 0.15) is 16.6 Å². The number of hydrogen-bond donors (Lipinski definition) is 2. The topological polar surface area (TPSA) is 49.3 Å². The fourth-order valence-corrected chi connectivity index (χ4v) is 2.25. The van der Waals surface area contributed by atoms with Crippen LogP contribution < -0.4 is 5.32 Å². The molecule has 1 rings (SSSR count). The summed E-state index contributed by atoms with van der Waals surface area (Å²) in [6, 6.07) is 1.62. The molecule has 5 heteroatoms.